The molecule has 1 N–H and O–H groups in total. The second kappa shape index (κ2) is 9.33. The lowest BCUT2D eigenvalue weighted by molar-refractivity contribution is 0.0955. The zero-order valence-corrected chi connectivity index (χ0v) is 20.3. The van der Waals surface area contributed by atoms with E-state index in [0.29, 0.717) is 41.0 Å². The number of pyridine rings is 1. The SMILES string of the molecule is Cc1nn(C2CCS(=O)(=O)C2)c2nc(-c3ccccc3)cc(C(=O)NCCC3=CCCCC3)c12. The van der Waals surface area contributed by atoms with E-state index in [2.05, 4.69) is 16.5 Å². The zero-order chi connectivity index (χ0) is 23.7. The number of hydrogen-bond acceptors (Lipinski definition) is 5. The highest BCUT2D eigenvalue weighted by molar-refractivity contribution is 7.91. The molecule has 34 heavy (non-hydrogen) atoms. The molecule has 1 atom stereocenters. The van der Waals surface area contributed by atoms with Crippen LogP contribution in [0.4, 0.5) is 0 Å². The highest BCUT2D eigenvalue weighted by Crippen LogP contribution is 2.32. The third-order valence-corrected chi connectivity index (χ3v) is 8.57. The molecule has 178 valence electrons. The predicted molar refractivity (Wildman–Crippen MR) is 134 cm³/mol. The van der Waals surface area contributed by atoms with E-state index in [1.54, 1.807) is 4.68 Å². The highest BCUT2D eigenvalue weighted by atomic mass is 32.2. The van der Waals surface area contributed by atoms with E-state index in [-0.39, 0.29) is 23.5 Å². The third kappa shape index (κ3) is 4.64. The Balaban J connectivity index is 1.53. The largest absolute Gasteiger partial charge is 0.352 e. The van der Waals surface area contributed by atoms with Crippen LogP contribution in [0.15, 0.2) is 48.0 Å². The van der Waals surface area contributed by atoms with Gasteiger partial charge in [-0.3, -0.25) is 4.79 Å². The van der Waals surface area contributed by atoms with Crippen molar-refractivity contribution in [2.45, 2.75) is 51.5 Å². The van der Waals surface area contributed by atoms with Gasteiger partial charge >= 0.3 is 0 Å². The maximum atomic E-state index is 13.4. The summed E-state index contributed by atoms with van der Waals surface area (Å²) in [6.45, 7) is 2.44. The monoisotopic (exact) mass is 478 g/mol. The van der Waals surface area contributed by atoms with Crippen molar-refractivity contribution in [3.05, 3.63) is 59.3 Å². The van der Waals surface area contributed by atoms with Gasteiger partial charge in [0.15, 0.2) is 15.5 Å². The number of amides is 1. The summed E-state index contributed by atoms with van der Waals surface area (Å²) in [4.78, 5) is 18.3. The number of nitrogens with one attached hydrogen (secondary N) is 1. The van der Waals surface area contributed by atoms with E-state index >= 15 is 0 Å². The number of aromatic nitrogens is 3. The fourth-order valence-electron chi connectivity index (χ4n) is 5.04. The maximum Gasteiger partial charge on any atom is 0.252 e. The molecule has 3 heterocycles. The van der Waals surface area contributed by atoms with Crippen molar-refractivity contribution >= 4 is 26.8 Å². The van der Waals surface area contributed by atoms with Gasteiger partial charge < -0.3 is 5.32 Å². The number of benzene rings is 1. The van der Waals surface area contributed by atoms with Gasteiger partial charge in [-0.15, -0.1) is 0 Å². The van der Waals surface area contributed by atoms with Crippen molar-refractivity contribution in [1.82, 2.24) is 20.1 Å². The van der Waals surface area contributed by atoms with Gasteiger partial charge in [-0.25, -0.2) is 18.1 Å². The fourth-order valence-corrected chi connectivity index (χ4v) is 6.73. The Labute approximate surface area is 200 Å². The molecule has 1 fully saturated rings. The second-order valence-electron chi connectivity index (χ2n) is 9.32. The van der Waals surface area contributed by atoms with Crippen molar-refractivity contribution in [3.8, 4) is 11.3 Å². The summed E-state index contributed by atoms with van der Waals surface area (Å²) < 4.78 is 26.0. The summed E-state index contributed by atoms with van der Waals surface area (Å²) in [6.07, 6.45) is 8.39. The Bertz CT molecular complexity index is 1360. The van der Waals surface area contributed by atoms with E-state index in [1.807, 2.05) is 43.3 Å². The average molecular weight is 479 g/mol. The normalized spacial score (nSPS) is 19.8. The van der Waals surface area contributed by atoms with Crippen LogP contribution >= 0.6 is 0 Å². The molecule has 1 amide bonds. The number of carbonyl (C=O) groups is 1. The lowest BCUT2D eigenvalue weighted by Gasteiger charge is -2.14. The summed E-state index contributed by atoms with van der Waals surface area (Å²) in [5.74, 6) is 0.0548. The van der Waals surface area contributed by atoms with Crippen LogP contribution in [0.2, 0.25) is 0 Å². The fraction of sp³-hybridized carbons (Fsp3) is 0.423. The Morgan fingerprint density at radius 3 is 2.74 bits per heavy atom. The number of carbonyl (C=O) groups excluding carboxylic acids is 1. The van der Waals surface area contributed by atoms with Crippen LogP contribution in [0.1, 0.15) is 60.6 Å². The standard InChI is InChI=1S/C26H30N4O3S/c1-18-24-22(26(31)27-14-12-19-8-4-2-5-9-19)16-23(20-10-6-3-7-11-20)28-25(24)30(29-18)21-13-15-34(32,33)17-21/h3,6-8,10-11,16,21H,2,4-5,9,12-15,17H2,1H3,(H,27,31). The van der Waals surface area contributed by atoms with Gasteiger partial charge in [0.25, 0.3) is 5.91 Å². The number of rotatable bonds is 6. The van der Waals surface area contributed by atoms with Gasteiger partial charge in [0.1, 0.15) is 0 Å². The van der Waals surface area contributed by atoms with Crippen LogP contribution < -0.4 is 5.32 Å². The first kappa shape index (κ1) is 22.8. The Morgan fingerprint density at radius 2 is 2.03 bits per heavy atom. The summed E-state index contributed by atoms with van der Waals surface area (Å²) in [6, 6.07) is 11.3. The molecular weight excluding hydrogens is 448 g/mol. The first-order valence-corrected chi connectivity index (χ1v) is 13.9. The van der Waals surface area contributed by atoms with Gasteiger partial charge in [0.05, 0.1) is 39.9 Å². The van der Waals surface area contributed by atoms with Crippen LogP contribution in [0.5, 0.6) is 0 Å². The van der Waals surface area contributed by atoms with Crippen LogP contribution in [0, 0.1) is 6.92 Å². The summed E-state index contributed by atoms with van der Waals surface area (Å²) >= 11 is 0. The van der Waals surface area contributed by atoms with Crippen molar-refractivity contribution in [3.63, 3.8) is 0 Å². The van der Waals surface area contributed by atoms with Gasteiger partial charge in [-0.2, -0.15) is 5.10 Å². The quantitative estimate of drug-likeness (QED) is 0.531. The molecule has 1 aliphatic heterocycles. The minimum Gasteiger partial charge on any atom is -0.352 e. The Kier molecular flexibility index (Phi) is 6.25. The Hall–Kier alpha value is -3.00. The summed E-state index contributed by atoms with van der Waals surface area (Å²) in [5.41, 5.74) is 4.78. The zero-order valence-electron chi connectivity index (χ0n) is 19.5. The Morgan fingerprint density at radius 1 is 1.21 bits per heavy atom. The molecule has 1 unspecified atom stereocenters. The van der Waals surface area contributed by atoms with Gasteiger partial charge in [0.2, 0.25) is 0 Å². The van der Waals surface area contributed by atoms with E-state index in [4.69, 9.17) is 4.98 Å². The van der Waals surface area contributed by atoms with Crippen molar-refractivity contribution in [2.75, 3.05) is 18.1 Å². The number of allylic oxidation sites excluding steroid dienone is 1. The first-order chi connectivity index (χ1) is 16.4. The molecule has 1 saturated heterocycles. The third-order valence-electron chi connectivity index (χ3n) is 6.82. The number of nitrogens with zero attached hydrogens (tertiary/aromatic N) is 3. The molecule has 0 bridgehead atoms. The van der Waals surface area contributed by atoms with Crippen molar-refractivity contribution in [2.24, 2.45) is 0 Å². The number of aryl methyl sites for hydroxylation is 1. The van der Waals surface area contributed by atoms with Crippen molar-refractivity contribution in [1.29, 1.82) is 0 Å². The van der Waals surface area contributed by atoms with Crippen molar-refractivity contribution < 1.29 is 13.2 Å². The average Bonchev–Trinajstić information content (AvgIpc) is 3.38. The molecule has 0 radical (unpaired) electrons. The lowest BCUT2D eigenvalue weighted by Crippen LogP contribution is -2.25. The molecule has 2 aromatic heterocycles. The number of sulfone groups is 1. The lowest BCUT2D eigenvalue weighted by atomic mass is 9.97. The smallest absolute Gasteiger partial charge is 0.252 e. The predicted octanol–water partition coefficient (Wildman–Crippen LogP) is 4.39. The van der Waals surface area contributed by atoms with Crippen LogP contribution in [-0.4, -0.2) is 47.1 Å². The molecule has 7 nitrogen and oxygen atoms in total. The van der Waals surface area contributed by atoms with Gasteiger partial charge in [-0.1, -0.05) is 42.0 Å². The minimum atomic E-state index is -3.09. The molecule has 2 aliphatic rings. The molecule has 1 aliphatic carbocycles. The van der Waals surface area contributed by atoms with Gasteiger partial charge in [0, 0.05) is 12.1 Å². The van der Waals surface area contributed by atoms with E-state index in [1.165, 1.54) is 18.4 Å². The molecule has 5 rings (SSSR count). The molecule has 8 heteroatoms. The molecule has 3 aromatic rings. The number of fused-ring (bicyclic) bond motifs is 1. The maximum absolute atomic E-state index is 13.4. The van der Waals surface area contributed by atoms with E-state index in [9.17, 15) is 13.2 Å². The second-order valence-corrected chi connectivity index (χ2v) is 11.5. The highest BCUT2D eigenvalue weighted by Gasteiger charge is 2.32. The summed E-state index contributed by atoms with van der Waals surface area (Å²) in [7, 11) is -3.09. The molecule has 1 aromatic carbocycles. The topological polar surface area (TPSA) is 93.9 Å². The molecule has 0 spiro atoms. The van der Waals surface area contributed by atoms with E-state index < -0.39 is 9.84 Å². The summed E-state index contributed by atoms with van der Waals surface area (Å²) in [5, 5.41) is 8.46. The molecule has 0 saturated carbocycles. The van der Waals surface area contributed by atoms with Crippen LogP contribution in [0.25, 0.3) is 22.3 Å². The van der Waals surface area contributed by atoms with E-state index in [0.717, 1.165) is 24.8 Å². The minimum absolute atomic E-state index is 0.0527. The first-order valence-electron chi connectivity index (χ1n) is 12.0. The number of hydrogen-bond donors (Lipinski definition) is 1. The molecular formula is C26H30N4O3S. The van der Waals surface area contributed by atoms with Gasteiger partial charge in [-0.05, 0) is 51.5 Å². The van der Waals surface area contributed by atoms with Crippen LogP contribution in [0.3, 0.4) is 0 Å². The van der Waals surface area contributed by atoms with Crippen LogP contribution in [-0.2, 0) is 9.84 Å².